The van der Waals surface area contributed by atoms with Crippen molar-refractivity contribution >= 4 is 10.0 Å². The minimum atomic E-state index is -4.31. The fraction of sp³-hybridized carbons (Fsp3) is 0.400. The van der Waals surface area contributed by atoms with Gasteiger partial charge in [-0.3, -0.25) is 0 Å². The van der Waals surface area contributed by atoms with E-state index in [0.29, 0.717) is 5.56 Å². The van der Waals surface area contributed by atoms with Gasteiger partial charge < -0.3 is 5.73 Å². The molecular weight excluding hydrogens is 269 g/mol. The van der Waals surface area contributed by atoms with Crippen LogP contribution in [0.3, 0.4) is 0 Å². The fourth-order valence-corrected chi connectivity index (χ4v) is 2.29. The van der Waals surface area contributed by atoms with E-state index in [2.05, 4.69) is 0 Å². The van der Waals surface area contributed by atoms with Gasteiger partial charge >= 0.3 is 0 Å². The molecule has 18 heavy (non-hydrogen) atoms. The molecule has 0 unspecified atom stereocenters. The van der Waals surface area contributed by atoms with Crippen molar-refractivity contribution < 1.29 is 21.6 Å². The highest BCUT2D eigenvalue weighted by atomic mass is 32.2. The maximum absolute atomic E-state index is 13.4. The first-order valence-electron chi connectivity index (χ1n) is 5.02. The Bertz CT molecular complexity index is 532. The van der Waals surface area contributed by atoms with Crippen LogP contribution in [0.25, 0.3) is 0 Å². The van der Waals surface area contributed by atoms with Gasteiger partial charge in [0.25, 0.3) is 5.92 Å². The standard InChI is InChI=1S/C10H13F3N2O2S/c1-7-2-3-9(8(11)4-7)18(16,17)15-6-10(12,13)5-14/h2-4,15H,5-6,14H2,1H3. The summed E-state index contributed by atoms with van der Waals surface area (Å²) in [6.07, 6.45) is 0. The number of aryl methyl sites for hydroxylation is 1. The zero-order valence-corrected chi connectivity index (χ0v) is 10.4. The van der Waals surface area contributed by atoms with Gasteiger partial charge in [0.2, 0.25) is 10.0 Å². The zero-order chi connectivity index (χ0) is 14.0. The first kappa shape index (κ1) is 14.9. The first-order chi connectivity index (χ1) is 8.18. The molecule has 1 aromatic rings. The van der Waals surface area contributed by atoms with Crippen molar-refractivity contribution in [2.75, 3.05) is 13.1 Å². The second-order valence-electron chi connectivity index (χ2n) is 3.82. The van der Waals surface area contributed by atoms with Crippen LogP contribution in [0.2, 0.25) is 0 Å². The predicted octanol–water partition coefficient (Wildman–Crippen LogP) is 1.01. The molecule has 0 atom stereocenters. The van der Waals surface area contributed by atoms with Gasteiger partial charge in [-0.15, -0.1) is 0 Å². The summed E-state index contributed by atoms with van der Waals surface area (Å²) in [6, 6.07) is 3.40. The Morgan fingerprint density at radius 1 is 1.39 bits per heavy atom. The number of hydrogen-bond donors (Lipinski definition) is 2. The number of nitrogens with two attached hydrogens (primary N) is 1. The topological polar surface area (TPSA) is 72.2 Å². The van der Waals surface area contributed by atoms with Gasteiger partial charge in [-0.1, -0.05) is 6.07 Å². The summed E-state index contributed by atoms with van der Waals surface area (Å²) >= 11 is 0. The Hall–Kier alpha value is -1.12. The lowest BCUT2D eigenvalue weighted by Gasteiger charge is -2.15. The van der Waals surface area contributed by atoms with Gasteiger partial charge in [0.05, 0.1) is 13.1 Å². The first-order valence-corrected chi connectivity index (χ1v) is 6.50. The normalized spacial score (nSPS) is 12.7. The quantitative estimate of drug-likeness (QED) is 0.846. The average Bonchev–Trinajstić information content (AvgIpc) is 2.26. The number of hydrogen-bond acceptors (Lipinski definition) is 3. The van der Waals surface area contributed by atoms with Crippen LogP contribution in [0.15, 0.2) is 23.1 Å². The second kappa shape index (κ2) is 5.25. The highest BCUT2D eigenvalue weighted by Gasteiger charge is 2.30. The summed E-state index contributed by atoms with van der Waals surface area (Å²) in [7, 11) is -4.31. The SMILES string of the molecule is Cc1ccc(S(=O)(=O)NCC(F)(F)CN)c(F)c1. The van der Waals surface area contributed by atoms with Crippen molar-refractivity contribution in [1.82, 2.24) is 4.72 Å². The molecular formula is C10H13F3N2O2S. The van der Waals surface area contributed by atoms with Crippen molar-refractivity contribution in [2.45, 2.75) is 17.7 Å². The van der Waals surface area contributed by atoms with Crippen molar-refractivity contribution in [1.29, 1.82) is 0 Å². The van der Waals surface area contributed by atoms with E-state index in [1.807, 2.05) is 0 Å². The van der Waals surface area contributed by atoms with E-state index in [0.717, 1.165) is 12.1 Å². The van der Waals surface area contributed by atoms with Crippen LogP contribution >= 0.6 is 0 Å². The summed E-state index contributed by atoms with van der Waals surface area (Å²) in [5, 5.41) is 0. The summed E-state index contributed by atoms with van der Waals surface area (Å²) < 4.78 is 63.9. The Morgan fingerprint density at radius 3 is 2.50 bits per heavy atom. The lowest BCUT2D eigenvalue weighted by molar-refractivity contribution is 0.0170. The number of halogens is 3. The molecule has 0 saturated heterocycles. The number of rotatable bonds is 5. The Kier molecular flexibility index (Phi) is 4.36. The molecule has 1 rings (SSSR count). The zero-order valence-electron chi connectivity index (χ0n) is 9.58. The molecule has 0 bridgehead atoms. The molecule has 0 fully saturated rings. The highest BCUT2D eigenvalue weighted by Crippen LogP contribution is 2.17. The third-order valence-electron chi connectivity index (χ3n) is 2.20. The van der Waals surface area contributed by atoms with Crippen LogP contribution in [-0.4, -0.2) is 27.4 Å². The average molecular weight is 282 g/mol. The smallest absolute Gasteiger partial charge is 0.273 e. The van der Waals surface area contributed by atoms with Crippen LogP contribution in [-0.2, 0) is 10.0 Å². The van der Waals surface area contributed by atoms with Gasteiger partial charge in [0.15, 0.2) is 0 Å². The van der Waals surface area contributed by atoms with Crippen LogP contribution in [0, 0.1) is 12.7 Å². The monoisotopic (exact) mass is 282 g/mol. The largest absolute Gasteiger partial charge is 0.325 e. The van der Waals surface area contributed by atoms with Crippen molar-refractivity contribution in [3.63, 3.8) is 0 Å². The molecule has 0 aromatic heterocycles. The maximum atomic E-state index is 13.4. The van der Waals surface area contributed by atoms with Gasteiger partial charge in [-0.2, -0.15) is 0 Å². The minimum absolute atomic E-state index is 0.527. The third-order valence-corrected chi connectivity index (χ3v) is 3.63. The minimum Gasteiger partial charge on any atom is -0.325 e. The van der Waals surface area contributed by atoms with Crippen molar-refractivity contribution in [3.8, 4) is 0 Å². The van der Waals surface area contributed by atoms with Crippen molar-refractivity contribution in [3.05, 3.63) is 29.6 Å². The molecule has 0 aliphatic carbocycles. The van der Waals surface area contributed by atoms with E-state index in [9.17, 15) is 21.6 Å². The Morgan fingerprint density at radius 2 is 2.00 bits per heavy atom. The summed E-state index contributed by atoms with van der Waals surface area (Å²) in [5.41, 5.74) is 5.29. The molecule has 0 saturated carbocycles. The molecule has 3 N–H and O–H groups in total. The maximum Gasteiger partial charge on any atom is 0.273 e. The molecule has 0 heterocycles. The molecule has 102 valence electrons. The molecule has 0 aliphatic heterocycles. The van der Waals surface area contributed by atoms with E-state index in [4.69, 9.17) is 5.73 Å². The van der Waals surface area contributed by atoms with E-state index in [-0.39, 0.29) is 0 Å². The molecule has 0 radical (unpaired) electrons. The van der Waals surface area contributed by atoms with Gasteiger partial charge in [0, 0.05) is 0 Å². The lowest BCUT2D eigenvalue weighted by Crippen LogP contribution is -2.41. The summed E-state index contributed by atoms with van der Waals surface area (Å²) in [6.45, 7) is -0.583. The van der Waals surface area contributed by atoms with Crippen molar-refractivity contribution in [2.24, 2.45) is 5.73 Å². The number of sulfonamides is 1. The molecule has 0 aliphatic rings. The number of alkyl halides is 2. The Balaban J connectivity index is 2.94. The van der Waals surface area contributed by atoms with E-state index < -0.39 is 39.7 Å². The molecule has 1 aromatic carbocycles. The van der Waals surface area contributed by atoms with Crippen LogP contribution < -0.4 is 10.5 Å². The fourth-order valence-electron chi connectivity index (χ4n) is 1.17. The van der Waals surface area contributed by atoms with Crippen LogP contribution in [0.4, 0.5) is 13.2 Å². The van der Waals surface area contributed by atoms with Gasteiger partial charge in [-0.25, -0.2) is 26.3 Å². The van der Waals surface area contributed by atoms with Gasteiger partial charge in [-0.05, 0) is 24.6 Å². The predicted molar refractivity (Wildman–Crippen MR) is 60.3 cm³/mol. The Labute approximate surface area is 103 Å². The third kappa shape index (κ3) is 3.69. The number of nitrogens with one attached hydrogen (secondary N) is 1. The summed E-state index contributed by atoms with van der Waals surface area (Å²) in [4.78, 5) is -0.666. The molecule has 0 amide bonds. The molecule has 8 heteroatoms. The number of benzene rings is 1. The molecule has 4 nitrogen and oxygen atoms in total. The molecule has 0 spiro atoms. The van der Waals surface area contributed by atoms with Crippen LogP contribution in [0.5, 0.6) is 0 Å². The van der Waals surface area contributed by atoms with Crippen LogP contribution in [0.1, 0.15) is 5.56 Å². The van der Waals surface area contributed by atoms with E-state index in [1.54, 1.807) is 11.6 Å². The second-order valence-corrected chi connectivity index (χ2v) is 5.55. The van der Waals surface area contributed by atoms with Gasteiger partial charge in [0.1, 0.15) is 10.7 Å². The van der Waals surface area contributed by atoms with E-state index in [1.165, 1.54) is 6.07 Å². The highest BCUT2D eigenvalue weighted by molar-refractivity contribution is 7.89. The summed E-state index contributed by atoms with van der Waals surface area (Å²) in [5.74, 6) is -4.35. The van der Waals surface area contributed by atoms with E-state index >= 15 is 0 Å². The lowest BCUT2D eigenvalue weighted by atomic mass is 10.2.